The number of aliphatic hydroxyl groups is 2. The van der Waals surface area contributed by atoms with Gasteiger partial charge in [0.05, 0.1) is 12.7 Å². The first kappa shape index (κ1) is 12.0. The summed E-state index contributed by atoms with van der Waals surface area (Å²) in [4.78, 5) is 2.25. The molecular weight excluding hydrogens is 178 g/mol. The van der Waals surface area contributed by atoms with Crippen LogP contribution in [0.3, 0.4) is 0 Å². The second-order valence-electron chi connectivity index (χ2n) is 4.77. The Morgan fingerprint density at radius 1 is 1.43 bits per heavy atom. The maximum atomic E-state index is 9.81. The van der Waals surface area contributed by atoms with Gasteiger partial charge in [0.1, 0.15) is 0 Å². The van der Waals surface area contributed by atoms with Gasteiger partial charge in [-0.3, -0.25) is 0 Å². The normalized spacial score (nSPS) is 29.8. The molecular formula is C11H23NO2. The van der Waals surface area contributed by atoms with Crippen LogP contribution >= 0.6 is 0 Å². The van der Waals surface area contributed by atoms with Crippen molar-refractivity contribution in [3.8, 4) is 0 Å². The second kappa shape index (κ2) is 5.69. The monoisotopic (exact) mass is 201 g/mol. The standard InChI is InChI=1S/C11H23NO2/c1-9(2)7-10-8-12(5-6-13)4-3-11(10)14/h9-11,13-14H,3-8H2,1-2H3/t10-,11-/m0/s1. The van der Waals surface area contributed by atoms with E-state index >= 15 is 0 Å². The van der Waals surface area contributed by atoms with Crippen LogP contribution in [0.2, 0.25) is 0 Å². The Morgan fingerprint density at radius 2 is 2.14 bits per heavy atom. The summed E-state index contributed by atoms with van der Waals surface area (Å²) in [5, 5.41) is 18.7. The summed E-state index contributed by atoms with van der Waals surface area (Å²) in [7, 11) is 0. The first-order chi connectivity index (χ1) is 6.63. The highest BCUT2D eigenvalue weighted by molar-refractivity contribution is 4.80. The molecule has 0 unspecified atom stereocenters. The fraction of sp³-hybridized carbons (Fsp3) is 1.00. The lowest BCUT2D eigenvalue weighted by Gasteiger charge is -2.36. The SMILES string of the molecule is CC(C)C[C@H]1CN(CCO)CC[C@@H]1O. The third kappa shape index (κ3) is 3.56. The summed E-state index contributed by atoms with van der Waals surface area (Å²) in [6, 6.07) is 0. The molecule has 0 aromatic carbocycles. The summed E-state index contributed by atoms with van der Waals surface area (Å²) >= 11 is 0. The number of nitrogens with zero attached hydrogens (tertiary/aromatic N) is 1. The van der Waals surface area contributed by atoms with Crippen molar-refractivity contribution in [2.24, 2.45) is 11.8 Å². The molecule has 0 spiro atoms. The van der Waals surface area contributed by atoms with E-state index in [-0.39, 0.29) is 12.7 Å². The van der Waals surface area contributed by atoms with Gasteiger partial charge in [0, 0.05) is 19.6 Å². The Balaban J connectivity index is 2.38. The van der Waals surface area contributed by atoms with Crippen molar-refractivity contribution in [2.45, 2.75) is 32.8 Å². The van der Waals surface area contributed by atoms with Gasteiger partial charge in [-0.25, -0.2) is 0 Å². The average molecular weight is 201 g/mol. The lowest BCUT2D eigenvalue weighted by atomic mass is 9.87. The van der Waals surface area contributed by atoms with Gasteiger partial charge in [0.25, 0.3) is 0 Å². The number of likely N-dealkylation sites (tertiary alicyclic amines) is 1. The van der Waals surface area contributed by atoms with E-state index in [1.807, 2.05) is 0 Å². The Hall–Kier alpha value is -0.120. The Labute approximate surface area is 86.7 Å². The molecule has 3 nitrogen and oxygen atoms in total. The topological polar surface area (TPSA) is 43.7 Å². The van der Waals surface area contributed by atoms with E-state index in [9.17, 15) is 5.11 Å². The fourth-order valence-corrected chi connectivity index (χ4v) is 2.28. The van der Waals surface area contributed by atoms with Crippen LogP contribution in [0.5, 0.6) is 0 Å². The Morgan fingerprint density at radius 3 is 2.71 bits per heavy atom. The van der Waals surface area contributed by atoms with Crippen LogP contribution in [0.25, 0.3) is 0 Å². The summed E-state index contributed by atoms with van der Waals surface area (Å²) in [5.41, 5.74) is 0. The van der Waals surface area contributed by atoms with Crippen molar-refractivity contribution in [3.05, 3.63) is 0 Å². The molecule has 0 radical (unpaired) electrons. The lowest BCUT2D eigenvalue weighted by molar-refractivity contribution is 0.0126. The van der Waals surface area contributed by atoms with E-state index in [0.717, 1.165) is 32.5 Å². The number of rotatable bonds is 4. The van der Waals surface area contributed by atoms with E-state index in [2.05, 4.69) is 18.7 Å². The highest BCUT2D eigenvalue weighted by Gasteiger charge is 2.27. The van der Waals surface area contributed by atoms with E-state index in [4.69, 9.17) is 5.11 Å². The lowest BCUT2D eigenvalue weighted by Crippen LogP contribution is -2.44. The maximum absolute atomic E-state index is 9.81. The van der Waals surface area contributed by atoms with Crippen LogP contribution in [-0.2, 0) is 0 Å². The number of β-amino-alcohol motifs (C(OH)–C–C–N with tert-alkyl or cyclic N) is 1. The number of hydrogen-bond donors (Lipinski definition) is 2. The van der Waals surface area contributed by atoms with Crippen molar-refractivity contribution in [1.82, 2.24) is 4.90 Å². The average Bonchev–Trinajstić information content (AvgIpc) is 2.10. The largest absolute Gasteiger partial charge is 0.395 e. The first-order valence-corrected chi connectivity index (χ1v) is 5.64. The van der Waals surface area contributed by atoms with Crippen LogP contribution in [0.4, 0.5) is 0 Å². The molecule has 84 valence electrons. The molecule has 0 aromatic rings. The zero-order valence-corrected chi connectivity index (χ0v) is 9.32. The molecule has 0 aromatic heterocycles. The second-order valence-corrected chi connectivity index (χ2v) is 4.77. The smallest absolute Gasteiger partial charge is 0.0592 e. The Kier molecular flexibility index (Phi) is 4.85. The number of hydrogen-bond acceptors (Lipinski definition) is 3. The molecule has 1 rings (SSSR count). The van der Waals surface area contributed by atoms with Gasteiger partial charge in [0.15, 0.2) is 0 Å². The predicted molar refractivity (Wildman–Crippen MR) is 57.1 cm³/mol. The minimum atomic E-state index is -0.132. The summed E-state index contributed by atoms with van der Waals surface area (Å²) < 4.78 is 0. The highest BCUT2D eigenvalue weighted by Crippen LogP contribution is 2.23. The molecule has 2 N–H and O–H groups in total. The molecule has 2 atom stereocenters. The molecule has 0 bridgehead atoms. The van der Waals surface area contributed by atoms with Crippen LogP contribution in [0.15, 0.2) is 0 Å². The minimum absolute atomic E-state index is 0.132. The van der Waals surface area contributed by atoms with E-state index in [1.165, 1.54) is 0 Å². The third-order valence-corrected chi connectivity index (χ3v) is 2.97. The molecule has 1 aliphatic heterocycles. The molecule has 0 saturated carbocycles. The van der Waals surface area contributed by atoms with Crippen molar-refractivity contribution >= 4 is 0 Å². The molecule has 1 heterocycles. The third-order valence-electron chi connectivity index (χ3n) is 2.97. The zero-order valence-electron chi connectivity index (χ0n) is 9.32. The number of piperidine rings is 1. The van der Waals surface area contributed by atoms with E-state index in [0.29, 0.717) is 11.8 Å². The van der Waals surface area contributed by atoms with E-state index < -0.39 is 0 Å². The van der Waals surface area contributed by atoms with Gasteiger partial charge in [0.2, 0.25) is 0 Å². The number of aliphatic hydroxyl groups excluding tert-OH is 2. The quantitative estimate of drug-likeness (QED) is 0.704. The van der Waals surface area contributed by atoms with Gasteiger partial charge in [-0.15, -0.1) is 0 Å². The first-order valence-electron chi connectivity index (χ1n) is 5.64. The van der Waals surface area contributed by atoms with Gasteiger partial charge < -0.3 is 15.1 Å². The molecule has 14 heavy (non-hydrogen) atoms. The van der Waals surface area contributed by atoms with Crippen LogP contribution < -0.4 is 0 Å². The van der Waals surface area contributed by atoms with Crippen molar-refractivity contribution in [1.29, 1.82) is 0 Å². The van der Waals surface area contributed by atoms with Gasteiger partial charge >= 0.3 is 0 Å². The molecule has 1 saturated heterocycles. The summed E-state index contributed by atoms with van der Waals surface area (Å²) in [5.74, 6) is 1.04. The van der Waals surface area contributed by atoms with Crippen LogP contribution in [-0.4, -0.2) is 47.5 Å². The van der Waals surface area contributed by atoms with Crippen molar-refractivity contribution in [3.63, 3.8) is 0 Å². The fourth-order valence-electron chi connectivity index (χ4n) is 2.28. The zero-order chi connectivity index (χ0) is 10.6. The van der Waals surface area contributed by atoms with Gasteiger partial charge in [-0.1, -0.05) is 13.8 Å². The molecule has 3 heteroatoms. The van der Waals surface area contributed by atoms with Crippen LogP contribution in [0.1, 0.15) is 26.7 Å². The molecule has 1 aliphatic rings. The maximum Gasteiger partial charge on any atom is 0.0592 e. The van der Waals surface area contributed by atoms with Crippen molar-refractivity contribution < 1.29 is 10.2 Å². The summed E-state index contributed by atoms with van der Waals surface area (Å²) in [6.45, 7) is 7.23. The van der Waals surface area contributed by atoms with Crippen LogP contribution in [0, 0.1) is 11.8 Å². The predicted octanol–water partition coefficient (Wildman–Crippen LogP) is 0.708. The molecule has 0 aliphatic carbocycles. The molecule has 0 amide bonds. The summed E-state index contributed by atoms with van der Waals surface area (Å²) in [6.07, 6.45) is 1.81. The minimum Gasteiger partial charge on any atom is -0.395 e. The van der Waals surface area contributed by atoms with E-state index in [1.54, 1.807) is 0 Å². The highest BCUT2D eigenvalue weighted by atomic mass is 16.3. The van der Waals surface area contributed by atoms with Gasteiger partial charge in [-0.05, 0) is 24.7 Å². The van der Waals surface area contributed by atoms with Gasteiger partial charge in [-0.2, -0.15) is 0 Å². The Bertz CT molecular complexity index is 161. The van der Waals surface area contributed by atoms with Crippen molar-refractivity contribution in [2.75, 3.05) is 26.2 Å². The molecule has 1 fully saturated rings.